The van der Waals surface area contributed by atoms with Crippen LogP contribution in [0.3, 0.4) is 0 Å². The second-order valence-electron chi connectivity index (χ2n) is 7.77. The van der Waals surface area contributed by atoms with Crippen molar-refractivity contribution in [1.82, 2.24) is 15.5 Å². The Morgan fingerprint density at radius 1 is 1.08 bits per heavy atom. The maximum atomic E-state index is 12.3. The van der Waals surface area contributed by atoms with Crippen LogP contribution in [0.2, 0.25) is 0 Å². The monoisotopic (exact) mass is 357 g/mol. The first-order valence-electron chi connectivity index (χ1n) is 9.93. The Bertz CT molecular complexity index is 602. The quantitative estimate of drug-likeness (QED) is 0.748. The summed E-state index contributed by atoms with van der Waals surface area (Å²) < 4.78 is 0. The van der Waals surface area contributed by atoms with E-state index in [2.05, 4.69) is 34.9 Å². The first-order chi connectivity index (χ1) is 12.6. The largest absolute Gasteiger partial charge is 0.347 e. The molecule has 2 aliphatic rings. The molecule has 5 heteroatoms. The van der Waals surface area contributed by atoms with Gasteiger partial charge in [-0.05, 0) is 57.1 Å². The Hall–Kier alpha value is -1.88. The molecule has 142 valence electrons. The van der Waals surface area contributed by atoms with E-state index in [0.717, 1.165) is 44.0 Å². The molecule has 0 aromatic heterocycles. The fourth-order valence-electron chi connectivity index (χ4n) is 3.38. The van der Waals surface area contributed by atoms with Crippen molar-refractivity contribution < 1.29 is 9.59 Å². The van der Waals surface area contributed by atoms with Gasteiger partial charge in [-0.25, -0.2) is 0 Å². The summed E-state index contributed by atoms with van der Waals surface area (Å²) in [4.78, 5) is 26.2. The van der Waals surface area contributed by atoms with Crippen molar-refractivity contribution in [2.45, 2.75) is 51.5 Å². The number of nitrogens with zero attached hydrogens (tertiary/aromatic N) is 1. The summed E-state index contributed by atoms with van der Waals surface area (Å²) in [6, 6.07) is 8.76. The highest BCUT2D eigenvalue weighted by molar-refractivity contribution is 5.84. The minimum Gasteiger partial charge on any atom is -0.347 e. The molecule has 2 fully saturated rings. The summed E-state index contributed by atoms with van der Waals surface area (Å²) in [5, 5.41) is 6.40. The molecule has 1 aliphatic carbocycles. The molecule has 0 bridgehead atoms. The third-order valence-corrected chi connectivity index (χ3v) is 5.44. The molecule has 3 rings (SSSR count). The average Bonchev–Trinajstić information content (AvgIpc) is 3.49. The van der Waals surface area contributed by atoms with Gasteiger partial charge in [0.05, 0.1) is 6.54 Å². The summed E-state index contributed by atoms with van der Waals surface area (Å²) in [5.41, 5.74) is 2.37. The zero-order chi connectivity index (χ0) is 18.4. The molecule has 1 aliphatic heterocycles. The molecule has 1 saturated heterocycles. The lowest BCUT2D eigenvalue weighted by Crippen LogP contribution is -2.48. The number of carbonyl (C=O) groups is 2. The van der Waals surface area contributed by atoms with Crippen molar-refractivity contribution in [3.05, 3.63) is 35.4 Å². The molecule has 1 heterocycles. The lowest BCUT2D eigenvalue weighted by Gasteiger charge is -2.32. The molecular formula is C21H31N3O2. The van der Waals surface area contributed by atoms with Gasteiger partial charge < -0.3 is 15.5 Å². The van der Waals surface area contributed by atoms with E-state index in [1.54, 1.807) is 0 Å². The number of piperidine rings is 1. The zero-order valence-corrected chi connectivity index (χ0v) is 15.8. The standard InChI is InChI=1S/C21H31N3O2/c1-16-2-4-17(5-3-16)8-9-20(25)23-15-21(26)24-12-10-19(11-13-24)22-14-18-6-7-18/h2-5,18-19,22H,6-15H2,1H3,(H,23,25). The van der Waals surface area contributed by atoms with E-state index < -0.39 is 0 Å². The number of hydrogen-bond acceptors (Lipinski definition) is 3. The summed E-state index contributed by atoms with van der Waals surface area (Å²) in [6.07, 6.45) is 5.89. The highest BCUT2D eigenvalue weighted by atomic mass is 16.2. The van der Waals surface area contributed by atoms with Gasteiger partial charge in [-0.2, -0.15) is 0 Å². The smallest absolute Gasteiger partial charge is 0.241 e. The van der Waals surface area contributed by atoms with E-state index in [0.29, 0.717) is 18.9 Å². The van der Waals surface area contributed by atoms with Crippen molar-refractivity contribution >= 4 is 11.8 Å². The van der Waals surface area contributed by atoms with Crippen LogP contribution in [0, 0.1) is 12.8 Å². The van der Waals surface area contributed by atoms with Gasteiger partial charge in [0.15, 0.2) is 0 Å². The minimum absolute atomic E-state index is 0.0364. The van der Waals surface area contributed by atoms with E-state index in [9.17, 15) is 9.59 Å². The summed E-state index contributed by atoms with van der Waals surface area (Å²) >= 11 is 0. The molecule has 0 spiro atoms. The van der Waals surface area contributed by atoms with Crippen LogP contribution in [0.5, 0.6) is 0 Å². The van der Waals surface area contributed by atoms with Crippen LogP contribution < -0.4 is 10.6 Å². The summed E-state index contributed by atoms with van der Waals surface area (Å²) in [7, 11) is 0. The molecule has 2 amide bonds. The number of aryl methyl sites for hydroxylation is 2. The zero-order valence-electron chi connectivity index (χ0n) is 15.8. The molecule has 1 saturated carbocycles. The number of hydrogen-bond donors (Lipinski definition) is 2. The van der Waals surface area contributed by atoms with Gasteiger partial charge in [0, 0.05) is 25.6 Å². The van der Waals surface area contributed by atoms with Crippen molar-refractivity contribution in [2.24, 2.45) is 5.92 Å². The van der Waals surface area contributed by atoms with Crippen molar-refractivity contribution in [3.63, 3.8) is 0 Å². The fourth-order valence-corrected chi connectivity index (χ4v) is 3.38. The SMILES string of the molecule is Cc1ccc(CCC(=O)NCC(=O)N2CCC(NCC3CC3)CC2)cc1. The predicted octanol–water partition coefficient (Wildman–Crippen LogP) is 2.03. The van der Waals surface area contributed by atoms with Crippen LogP contribution in [-0.4, -0.2) is 48.9 Å². The minimum atomic E-state index is -0.0556. The molecule has 2 N–H and O–H groups in total. The Morgan fingerprint density at radius 2 is 1.77 bits per heavy atom. The molecular weight excluding hydrogens is 326 g/mol. The number of rotatable bonds is 8. The molecule has 0 unspecified atom stereocenters. The molecule has 5 nitrogen and oxygen atoms in total. The highest BCUT2D eigenvalue weighted by Gasteiger charge is 2.25. The Balaban J connectivity index is 1.29. The van der Waals surface area contributed by atoms with E-state index >= 15 is 0 Å². The van der Waals surface area contributed by atoms with Gasteiger partial charge in [0.25, 0.3) is 0 Å². The van der Waals surface area contributed by atoms with Crippen LogP contribution in [-0.2, 0) is 16.0 Å². The Kier molecular flexibility index (Phi) is 6.67. The number of nitrogens with one attached hydrogen (secondary N) is 2. The lowest BCUT2D eigenvalue weighted by atomic mass is 10.0. The third-order valence-electron chi connectivity index (χ3n) is 5.44. The molecule has 1 aromatic carbocycles. The second kappa shape index (κ2) is 9.17. The van der Waals surface area contributed by atoms with Crippen molar-refractivity contribution in [1.29, 1.82) is 0 Å². The molecule has 26 heavy (non-hydrogen) atoms. The van der Waals surface area contributed by atoms with Gasteiger partial charge in [-0.15, -0.1) is 0 Å². The van der Waals surface area contributed by atoms with Crippen LogP contribution in [0.15, 0.2) is 24.3 Å². The number of carbonyl (C=O) groups excluding carboxylic acids is 2. The van der Waals surface area contributed by atoms with E-state index in [4.69, 9.17) is 0 Å². The highest BCUT2D eigenvalue weighted by Crippen LogP contribution is 2.28. The van der Waals surface area contributed by atoms with E-state index in [1.165, 1.54) is 18.4 Å². The summed E-state index contributed by atoms with van der Waals surface area (Å²) in [6.45, 7) is 4.89. The van der Waals surface area contributed by atoms with Crippen molar-refractivity contribution in [3.8, 4) is 0 Å². The van der Waals surface area contributed by atoms with Crippen LogP contribution >= 0.6 is 0 Å². The average molecular weight is 357 g/mol. The van der Waals surface area contributed by atoms with E-state index in [-0.39, 0.29) is 18.4 Å². The van der Waals surface area contributed by atoms with Gasteiger partial charge in [0.2, 0.25) is 11.8 Å². The topological polar surface area (TPSA) is 61.4 Å². The van der Waals surface area contributed by atoms with Crippen LogP contribution in [0.4, 0.5) is 0 Å². The van der Waals surface area contributed by atoms with Crippen LogP contribution in [0.1, 0.15) is 43.2 Å². The van der Waals surface area contributed by atoms with Gasteiger partial charge >= 0.3 is 0 Å². The Morgan fingerprint density at radius 3 is 2.42 bits per heavy atom. The number of benzene rings is 1. The predicted molar refractivity (Wildman–Crippen MR) is 103 cm³/mol. The first-order valence-corrected chi connectivity index (χ1v) is 9.93. The lowest BCUT2D eigenvalue weighted by molar-refractivity contribution is -0.133. The first kappa shape index (κ1) is 18.9. The van der Waals surface area contributed by atoms with E-state index in [1.807, 2.05) is 11.8 Å². The molecule has 0 radical (unpaired) electrons. The molecule has 0 atom stereocenters. The maximum absolute atomic E-state index is 12.3. The normalized spacial score (nSPS) is 18.0. The van der Waals surface area contributed by atoms with Crippen molar-refractivity contribution in [2.75, 3.05) is 26.2 Å². The number of likely N-dealkylation sites (tertiary alicyclic amines) is 1. The number of amides is 2. The fraction of sp³-hybridized carbons (Fsp3) is 0.619. The van der Waals surface area contributed by atoms with Crippen LogP contribution in [0.25, 0.3) is 0 Å². The molecule has 1 aromatic rings. The Labute approximate surface area is 156 Å². The van der Waals surface area contributed by atoms with Gasteiger partial charge in [-0.3, -0.25) is 9.59 Å². The third kappa shape index (κ3) is 6.13. The maximum Gasteiger partial charge on any atom is 0.241 e. The van der Waals surface area contributed by atoms with Gasteiger partial charge in [-0.1, -0.05) is 29.8 Å². The van der Waals surface area contributed by atoms with Gasteiger partial charge in [0.1, 0.15) is 0 Å². The second-order valence-corrected chi connectivity index (χ2v) is 7.77. The summed E-state index contributed by atoms with van der Waals surface area (Å²) in [5.74, 6) is 0.874.